The minimum Gasteiger partial charge on any atom is -0.493 e. The van der Waals surface area contributed by atoms with Crippen molar-refractivity contribution in [3.05, 3.63) is 42.2 Å². The lowest BCUT2D eigenvalue weighted by atomic mass is 10.1. The lowest BCUT2D eigenvalue weighted by molar-refractivity contribution is 0.222. The van der Waals surface area contributed by atoms with Crippen molar-refractivity contribution in [1.29, 1.82) is 0 Å². The number of unbranched alkanes of at least 4 members (excludes halogenated alkanes) is 8. The number of aromatic nitrogens is 2. The first kappa shape index (κ1) is 25.3. The maximum absolute atomic E-state index is 13.9. The van der Waals surface area contributed by atoms with E-state index in [2.05, 4.69) is 23.8 Å². The molecule has 0 spiro atoms. The topological polar surface area (TPSA) is 35.0 Å². The van der Waals surface area contributed by atoms with Crippen LogP contribution in [0.2, 0.25) is 0 Å². The molecule has 1 aromatic carbocycles. The Bertz CT molecular complexity index is 687. The van der Waals surface area contributed by atoms with Crippen molar-refractivity contribution in [2.24, 2.45) is 0 Å². The molecule has 0 amide bonds. The van der Waals surface area contributed by atoms with E-state index in [1.807, 2.05) is 36.7 Å². The van der Waals surface area contributed by atoms with E-state index in [-0.39, 0.29) is 0 Å². The number of hydrogen-bond donors (Lipinski definition) is 0. The highest BCUT2D eigenvalue weighted by Crippen LogP contribution is 2.20. The highest BCUT2D eigenvalue weighted by Gasteiger charge is 2.07. The Hall–Kier alpha value is -1.97. The van der Waals surface area contributed by atoms with Gasteiger partial charge in [-0.25, -0.2) is 14.4 Å². The maximum atomic E-state index is 13.9. The van der Waals surface area contributed by atoms with E-state index in [0.717, 1.165) is 36.4 Å². The Morgan fingerprint density at radius 1 is 0.774 bits per heavy atom. The molecule has 0 N–H and O–H groups in total. The summed E-state index contributed by atoms with van der Waals surface area (Å²) in [5.74, 6) is 1.50. The SMILES string of the molecule is CCCCCCCCc1cnc(-c2ccc(OCCC(F)CCCCCC)cc2)nc1. The molecule has 0 aliphatic carbocycles. The molecule has 0 saturated carbocycles. The number of aryl methyl sites for hydroxylation is 1. The summed E-state index contributed by atoms with van der Waals surface area (Å²) in [7, 11) is 0. The van der Waals surface area contributed by atoms with E-state index >= 15 is 0 Å². The smallest absolute Gasteiger partial charge is 0.159 e. The highest BCUT2D eigenvalue weighted by molar-refractivity contribution is 5.55. The van der Waals surface area contributed by atoms with Crippen LogP contribution in [0.1, 0.15) is 96.5 Å². The van der Waals surface area contributed by atoms with E-state index in [1.165, 1.54) is 56.9 Å². The average molecular weight is 429 g/mol. The quantitative estimate of drug-likeness (QED) is 0.239. The molecule has 1 aromatic heterocycles. The van der Waals surface area contributed by atoms with Crippen molar-refractivity contribution in [3.63, 3.8) is 0 Å². The zero-order valence-electron chi connectivity index (χ0n) is 19.6. The summed E-state index contributed by atoms with van der Waals surface area (Å²) >= 11 is 0. The summed E-state index contributed by atoms with van der Waals surface area (Å²) in [5.41, 5.74) is 2.17. The van der Waals surface area contributed by atoms with E-state index in [4.69, 9.17) is 4.74 Å². The lowest BCUT2D eigenvalue weighted by Crippen LogP contribution is -2.07. The van der Waals surface area contributed by atoms with Crippen molar-refractivity contribution in [3.8, 4) is 17.1 Å². The minimum absolute atomic E-state index is 0.415. The largest absolute Gasteiger partial charge is 0.493 e. The van der Waals surface area contributed by atoms with Gasteiger partial charge in [-0.2, -0.15) is 0 Å². The Morgan fingerprint density at radius 3 is 2.06 bits per heavy atom. The second-order valence-electron chi connectivity index (χ2n) is 8.54. The van der Waals surface area contributed by atoms with Gasteiger partial charge in [-0.3, -0.25) is 0 Å². The highest BCUT2D eigenvalue weighted by atomic mass is 19.1. The van der Waals surface area contributed by atoms with Crippen LogP contribution in [0.5, 0.6) is 5.75 Å². The van der Waals surface area contributed by atoms with E-state index in [9.17, 15) is 4.39 Å². The third kappa shape index (κ3) is 10.8. The second kappa shape index (κ2) is 15.8. The fourth-order valence-electron chi connectivity index (χ4n) is 3.68. The summed E-state index contributed by atoms with van der Waals surface area (Å²) in [6, 6.07) is 7.76. The van der Waals surface area contributed by atoms with Gasteiger partial charge < -0.3 is 4.74 Å². The predicted molar refractivity (Wildman–Crippen MR) is 128 cm³/mol. The average Bonchev–Trinajstić information content (AvgIpc) is 2.80. The summed E-state index contributed by atoms with van der Waals surface area (Å²) in [5, 5.41) is 0. The monoisotopic (exact) mass is 428 g/mol. The zero-order valence-corrected chi connectivity index (χ0v) is 19.6. The van der Waals surface area contributed by atoms with Gasteiger partial charge in [0.05, 0.1) is 6.61 Å². The van der Waals surface area contributed by atoms with Crippen molar-refractivity contribution in [2.75, 3.05) is 6.61 Å². The number of alkyl halides is 1. The van der Waals surface area contributed by atoms with Gasteiger partial charge in [0.25, 0.3) is 0 Å². The fraction of sp³-hybridized carbons (Fsp3) is 0.630. The first-order chi connectivity index (χ1) is 15.2. The standard InChI is InChI=1S/C27H41FN2O/c1-3-5-7-9-10-11-13-23-21-29-27(30-22-23)24-15-17-26(18-16-24)31-20-19-25(28)14-12-8-6-4-2/h15-18,21-22,25H,3-14,19-20H2,1-2H3. The lowest BCUT2D eigenvalue weighted by Gasteiger charge is -2.10. The van der Waals surface area contributed by atoms with Gasteiger partial charge >= 0.3 is 0 Å². The van der Waals surface area contributed by atoms with Crippen LogP contribution in [-0.4, -0.2) is 22.7 Å². The number of halogens is 1. The van der Waals surface area contributed by atoms with Gasteiger partial charge in [-0.05, 0) is 49.1 Å². The van der Waals surface area contributed by atoms with E-state index in [1.54, 1.807) is 0 Å². The molecule has 1 atom stereocenters. The molecule has 0 saturated heterocycles. The number of rotatable bonds is 17. The van der Waals surface area contributed by atoms with Crippen LogP contribution >= 0.6 is 0 Å². The Labute approximate surface area is 188 Å². The number of hydrogen-bond acceptors (Lipinski definition) is 3. The van der Waals surface area contributed by atoms with Crippen LogP contribution in [-0.2, 0) is 6.42 Å². The van der Waals surface area contributed by atoms with E-state index < -0.39 is 6.17 Å². The maximum Gasteiger partial charge on any atom is 0.159 e. The van der Waals surface area contributed by atoms with Crippen LogP contribution < -0.4 is 4.74 Å². The third-order valence-electron chi connectivity index (χ3n) is 5.71. The van der Waals surface area contributed by atoms with Gasteiger partial charge in [0, 0.05) is 24.4 Å². The molecule has 0 aliphatic rings. The van der Waals surface area contributed by atoms with Crippen LogP contribution in [0.4, 0.5) is 4.39 Å². The van der Waals surface area contributed by atoms with Crippen molar-refractivity contribution in [1.82, 2.24) is 9.97 Å². The molecule has 2 aromatic rings. The molecular formula is C27H41FN2O. The molecule has 0 fully saturated rings. The normalized spacial score (nSPS) is 12.1. The molecule has 0 aliphatic heterocycles. The van der Waals surface area contributed by atoms with Gasteiger partial charge in [0.2, 0.25) is 0 Å². The number of benzene rings is 1. The first-order valence-corrected chi connectivity index (χ1v) is 12.4. The molecule has 4 heteroatoms. The molecule has 1 unspecified atom stereocenters. The van der Waals surface area contributed by atoms with Crippen LogP contribution in [0, 0.1) is 0 Å². The predicted octanol–water partition coefficient (Wildman–Crippen LogP) is 8.12. The molecule has 0 radical (unpaired) electrons. The van der Waals surface area contributed by atoms with Gasteiger partial charge in [-0.15, -0.1) is 0 Å². The molecule has 0 bridgehead atoms. The number of nitrogens with zero attached hydrogens (tertiary/aromatic N) is 2. The van der Waals surface area contributed by atoms with Gasteiger partial charge in [0.15, 0.2) is 5.82 Å². The summed E-state index contributed by atoms with van der Waals surface area (Å²) in [4.78, 5) is 9.06. The second-order valence-corrected chi connectivity index (χ2v) is 8.54. The molecule has 2 rings (SSSR count). The third-order valence-corrected chi connectivity index (χ3v) is 5.71. The van der Waals surface area contributed by atoms with Crippen molar-refractivity contribution < 1.29 is 9.13 Å². The summed E-state index contributed by atoms with van der Waals surface area (Å²) in [6.07, 6.45) is 17.6. The first-order valence-electron chi connectivity index (χ1n) is 12.4. The summed E-state index contributed by atoms with van der Waals surface area (Å²) < 4.78 is 19.6. The minimum atomic E-state index is -0.764. The number of ether oxygens (including phenoxy) is 1. The van der Waals surface area contributed by atoms with Gasteiger partial charge in [-0.1, -0.05) is 71.6 Å². The van der Waals surface area contributed by atoms with Crippen molar-refractivity contribution in [2.45, 2.75) is 103 Å². The van der Waals surface area contributed by atoms with Crippen LogP contribution in [0.15, 0.2) is 36.7 Å². The van der Waals surface area contributed by atoms with Gasteiger partial charge in [0.1, 0.15) is 11.9 Å². The Balaban J connectivity index is 1.68. The van der Waals surface area contributed by atoms with Crippen LogP contribution in [0.25, 0.3) is 11.4 Å². The summed E-state index contributed by atoms with van der Waals surface area (Å²) in [6.45, 7) is 4.83. The molecule has 1 heterocycles. The Morgan fingerprint density at radius 2 is 1.39 bits per heavy atom. The molecule has 31 heavy (non-hydrogen) atoms. The van der Waals surface area contributed by atoms with E-state index in [0.29, 0.717) is 19.4 Å². The molecular weight excluding hydrogens is 387 g/mol. The van der Waals surface area contributed by atoms with Crippen molar-refractivity contribution >= 4 is 0 Å². The van der Waals surface area contributed by atoms with Crippen LogP contribution in [0.3, 0.4) is 0 Å². The Kier molecular flexibility index (Phi) is 12.9. The molecule has 172 valence electrons. The fourth-order valence-corrected chi connectivity index (χ4v) is 3.68. The zero-order chi connectivity index (χ0) is 22.2. The molecule has 3 nitrogen and oxygen atoms in total.